The lowest BCUT2D eigenvalue weighted by Gasteiger charge is -2.13. The highest BCUT2D eigenvalue weighted by Gasteiger charge is 2.06. The minimum atomic E-state index is 0.768. The first-order chi connectivity index (χ1) is 9.70. The van der Waals surface area contributed by atoms with Gasteiger partial charge in [0.15, 0.2) is 0 Å². The molecule has 0 aromatic heterocycles. The fourth-order valence-electron chi connectivity index (χ4n) is 2.44. The van der Waals surface area contributed by atoms with Crippen LogP contribution in [0.4, 0.5) is 0 Å². The van der Waals surface area contributed by atoms with Gasteiger partial charge in [-0.3, -0.25) is 0 Å². The molecule has 0 bridgehead atoms. The van der Waals surface area contributed by atoms with E-state index >= 15 is 0 Å². The molecular formula is C18H21BrO. The molecule has 0 aliphatic rings. The minimum absolute atomic E-state index is 0.768. The van der Waals surface area contributed by atoms with Crippen molar-refractivity contribution in [3.05, 3.63) is 64.7 Å². The van der Waals surface area contributed by atoms with Gasteiger partial charge in [-0.2, -0.15) is 0 Å². The molecule has 2 aromatic carbocycles. The lowest BCUT2D eigenvalue weighted by molar-refractivity contribution is 0.307. The molecular weight excluding hydrogens is 312 g/mol. The molecule has 0 heterocycles. The second-order valence-electron chi connectivity index (χ2n) is 5.13. The molecule has 1 nitrogen and oxygen atoms in total. The highest BCUT2D eigenvalue weighted by atomic mass is 79.9. The third kappa shape index (κ3) is 4.11. The van der Waals surface area contributed by atoms with E-state index in [0.29, 0.717) is 0 Å². The van der Waals surface area contributed by atoms with Crippen LogP contribution in [0.5, 0.6) is 5.75 Å². The van der Waals surface area contributed by atoms with Crippen molar-refractivity contribution in [1.29, 1.82) is 0 Å². The van der Waals surface area contributed by atoms with Crippen LogP contribution in [-0.2, 0) is 11.8 Å². The molecule has 0 aliphatic heterocycles. The average Bonchev–Trinajstić information content (AvgIpc) is 2.46. The molecule has 0 radical (unpaired) electrons. The zero-order valence-corrected chi connectivity index (χ0v) is 13.7. The lowest BCUT2D eigenvalue weighted by Crippen LogP contribution is -2.02. The van der Waals surface area contributed by atoms with Crippen LogP contribution >= 0.6 is 15.9 Å². The van der Waals surface area contributed by atoms with Gasteiger partial charge in [0.2, 0.25) is 0 Å². The van der Waals surface area contributed by atoms with E-state index < -0.39 is 0 Å². The highest BCUT2D eigenvalue weighted by molar-refractivity contribution is 9.08. The number of benzene rings is 2. The van der Waals surface area contributed by atoms with E-state index in [9.17, 15) is 0 Å². The van der Waals surface area contributed by atoms with E-state index in [4.69, 9.17) is 4.74 Å². The summed E-state index contributed by atoms with van der Waals surface area (Å²) < 4.78 is 5.97. The maximum Gasteiger partial charge on any atom is 0.125 e. The van der Waals surface area contributed by atoms with Crippen molar-refractivity contribution in [1.82, 2.24) is 0 Å². The number of aryl methyl sites for hydroxylation is 3. The molecule has 0 saturated carbocycles. The van der Waals surface area contributed by atoms with E-state index in [-0.39, 0.29) is 0 Å². The fraction of sp³-hybridized carbons (Fsp3) is 0.333. The third-order valence-electron chi connectivity index (χ3n) is 3.37. The number of halogens is 1. The topological polar surface area (TPSA) is 9.23 Å². The Kier molecular flexibility index (Phi) is 5.66. The summed E-state index contributed by atoms with van der Waals surface area (Å²) in [6, 6.07) is 14.9. The molecule has 2 heteroatoms. The van der Waals surface area contributed by atoms with E-state index in [1.165, 1.54) is 22.3 Å². The normalized spacial score (nSPS) is 10.6. The molecule has 0 spiro atoms. The van der Waals surface area contributed by atoms with Gasteiger partial charge >= 0.3 is 0 Å². The Bertz CT molecular complexity index is 526. The van der Waals surface area contributed by atoms with Crippen LogP contribution in [0.2, 0.25) is 0 Å². The van der Waals surface area contributed by atoms with Crippen molar-refractivity contribution >= 4 is 15.9 Å². The van der Waals surface area contributed by atoms with Crippen LogP contribution in [0.3, 0.4) is 0 Å². The van der Waals surface area contributed by atoms with Crippen molar-refractivity contribution in [2.24, 2.45) is 0 Å². The molecule has 0 amide bonds. The van der Waals surface area contributed by atoms with E-state index in [1.54, 1.807) is 0 Å². The average molecular weight is 333 g/mol. The predicted molar refractivity (Wildman–Crippen MR) is 88.8 cm³/mol. The molecule has 0 aliphatic carbocycles. The Hall–Kier alpha value is -1.28. The van der Waals surface area contributed by atoms with Crippen molar-refractivity contribution < 1.29 is 4.74 Å². The van der Waals surface area contributed by atoms with Gasteiger partial charge in [-0.25, -0.2) is 0 Å². The van der Waals surface area contributed by atoms with Crippen molar-refractivity contribution in [2.45, 2.75) is 32.0 Å². The first kappa shape index (κ1) is 15.1. The van der Waals surface area contributed by atoms with Gasteiger partial charge in [0.05, 0.1) is 6.61 Å². The van der Waals surface area contributed by atoms with Crippen LogP contribution in [0.25, 0.3) is 0 Å². The predicted octanol–water partition coefficient (Wildman–Crippen LogP) is 5.21. The number of rotatable bonds is 6. The zero-order valence-electron chi connectivity index (χ0n) is 12.2. The molecule has 2 aromatic rings. The maximum absolute atomic E-state index is 5.97. The number of hydrogen-bond acceptors (Lipinski definition) is 1. The summed E-state index contributed by atoms with van der Waals surface area (Å²) in [5.74, 6) is 1.04. The summed E-state index contributed by atoms with van der Waals surface area (Å²) in [6.07, 6.45) is 2.11. The van der Waals surface area contributed by atoms with E-state index in [0.717, 1.165) is 30.5 Å². The van der Waals surface area contributed by atoms with Crippen molar-refractivity contribution in [3.8, 4) is 5.75 Å². The first-order valence-corrected chi connectivity index (χ1v) is 8.15. The SMILES string of the molecule is Cc1cc(CBr)cc(C)c1OCCCc1ccccc1. The maximum atomic E-state index is 5.97. The molecule has 0 unspecified atom stereocenters. The van der Waals surface area contributed by atoms with Crippen LogP contribution in [0.15, 0.2) is 42.5 Å². The molecule has 106 valence electrons. The molecule has 0 N–H and O–H groups in total. The molecule has 2 rings (SSSR count). The minimum Gasteiger partial charge on any atom is -0.493 e. The van der Waals surface area contributed by atoms with Gasteiger partial charge in [0.25, 0.3) is 0 Å². The second kappa shape index (κ2) is 7.49. The van der Waals surface area contributed by atoms with Crippen LogP contribution in [-0.4, -0.2) is 6.61 Å². The summed E-state index contributed by atoms with van der Waals surface area (Å²) >= 11 is 3.50. The Balaban J connectivity index is 1.88. The number of hydrogen-bond donors (Lipinski definition) is 0. The Morgan fingerprint density at radius 3 is 2.20 bits per heavy atom. The van der Waals surface area contributed by atoms with Gasteiger partial charge in [-0.15, -0.1) is 0 Å². The van der Waals surface area contributed by atoms with Gasteiger partial charge in [0.1, 0.15) is 5.75 Å². The molecule has 0 atom stereocenters. The van der Waals surface area contributed by atoms with Crippen molar-refractivity contribution in [3.63, 3.8) is 0 Å². The van der Waals surface area contributed by atoms with Gasteiger partial charge < -0.3 is 4.74 Å². The number of alkyl halides is 1. The van der Waals surface area contributed by atoms with Crippen LogP contribution < -0.4 is 4.74 Å². The van der Waals surface area contributed by atoms with E-state index in [1.807, 2.05) is 0 Å². The Morgan fingerprint density at radius 1 is 0.950 bits per heavy atom. The smallest absolute Gasteiger partial charge is 0.125 e. The summed E-state index contributed by atoms with van der Waals surface area (Å²) in [7, 11) is 0. The first-order valence-electron chi connectivity index (χ1n) is 7.03. The van der Waals surface area contributed by atoms with Gasteiger partial charge in [-0.05, 0) is 48.9 Å². The quantitative estimate of drug-likeness (QED) is 0.521. The summed E-state index contributed by atoms with van der Waals surface area (Å²) in [4.78, 5) is 0. The van der Waals surface area contributed by atoms with Crippen molar-refractivity contribution in [2.75, 3.05) is 6.61 Å². The van der Waals surface area contributed by atoms with Gasteiger partial charge in [-0.1, -0.05) is 58.4 Å². The fourth-order valence-corrected chi connectivity index (χ4v) is 2.76. The molecule has 0 fully saturated rings. The summed E-state index contributed by atoms with van der Waals surface area (Å²) in [5.41, 5.74) is 5.12. The second-order valence-corrected chi connectivity index (χ2v) is 5.69. The molecule has 0 saturated heterocycles. The Labute approximate surface area is 130 Å². The Morgan fingerprint density at radius 2 is 1.60 bits per heavy atom. The van der Waals surface area contributed by atoms with Gasteiger partial charge in [0, 0.05) is 5.33 Å². The standard InChI is InChI=1S/C18H21BrO/c1-14-11-17(13-19)12-15(2)18(14)20-10-6-9-16-7-4-3-5-8-16/h3-5,7-8,11-12H,6,9-10,13H2,1-2H3. The lowest BCUT2D eigenvalue weighted by atomic mass is 10.1. The summed E-state index contributed by atoms with van der Waals surface area (Å²) in [6.45, 7) is 5.00. The zero-order chi connectivity index (χ0) is 14.4. The highest BCUT2D eigenvalue weighted by Crippen LogP contribution is 2.26. The van der Waals surface area contributed by atoms with Crippen LogP contribution in [0, 0.1) is 13.8 Å². The molecule has 20 heavy (non-hydrogen) atoms. The third-order valence-corrected chi connectivity index (χ3v) is 4.02. The van der Waals surface area contributed by atoms with Crippen LogP contribution in [0.1, 0.15) is 28.7 Å². The van der Waals surface area contributed by atoms with E-state index in [2.05, 4.69) is 72.2 Å². The monoisotopic (exact) mass is 332 g/mol. The summed E-state index contributed by atoms with van der Waals surface area (Å²) in [5, 5.41) is 0.892. The largest absolute Gasteiger partial charge is 0.493 e. The number of ether oxygens (including phenoxy) is 1.